The molecule has 0 bridgehead atoms. The van der Waals surface area contributed by atoms with Crippen molar-refractivity contribution in [1.29, 1.82) is 0 Å². The highest BCUT2D eigenvalue weighted by Crippen LogP contribution is 2.28. The second-order valence-corrected chi connectivity index (χ2v) is 7.85. The Hall–Kier alpha value is -3.97. The number of aliphatic hydroxyl groups is 1. The van der Waals surface area contributed by atoms with Crippen LogP contribution in [0.5, 0.6) is 0 Å². The Kier molecular flexibility index (Phi) is 4.95. The fourth-order valence-corrected chi connectivity index (χ4v) is 4.32. The van der Waals surface area contributed by atoms with Gasteiger partial charge in [0.1, 0.15) is 0 Å². The van der Waals surface area contributed by atoms with E-state index >= 15 is 0 Å². The first kappa shape index (κ1) is 20.0. The van der Waals surface area contributed by atoms with Crippen LogP contribution in [0.2, 0.25) is 0 Å². The molecule has 0 aliphatic carbocycles. The SMILES string of the molecule is O=C(c1cc(CO)cc(-n2c(=O)[nH]c3ccccc3c2=O)c1)N1CCCc2ccccc21. The minimum absolute atomic E-state index is 0.237. The molecule has 4 aromatic rings. The lowest BCUT2D eigenvalue weighted by Crippen LogP contribution is -2.36. The molecule has 1 amide bonds. The zero-order chi connectivity index (χ0) is 22.2. The van der Waals surface area contributed by atoms with Crippen LogP contribution in [0, 0.1) is 0 Å². The molecule has 1 aliphatic rings. The van der Waals surface area contributed by atoms with Gasteiger partial charge in [0.25, 0.3) is 11.5 Å². The maximum absolute atomic E-state index is 13.5. The standard InChI is InChI=1S/C25H21N3O4/c29-15-16-12-18(23(30)27-11-5-7-17-6-1-4-10-22(17)27)14-19(13-16)28-24(31)20-8-2-3-9-21(20)26-25(28)32/h1-4,6,8-10,12-14,29H,5,7,11,15H2,(H,26,32). The van der Waals surface area contributed by atoms with Crippen LogP contribution in [0.3, 0.4) is 0 Å². The van der Waals surface area contributed by atoms with Crippen LogP contribution < -0.4 is 16.1 Å². The average molecular weight is 427 g/mol. The number of amides is 1. The summed E-state index contributed by atoms with van der Waals surface area (Å²) in [6.45, 7) is 0.246. The molecule has 3 aromatic carbocycles. The molecule has 0 atom stereocenters. The van der Waals surface area contributed by atoms with Gasteiger partial charge < -0.3 is 15.0 Å². The van der Waals surface area contributed by atoms with Crippen molar-refractivity contribution < 1.29 is 9.90 Å². The third kappa shape index (κ3) is 3.33. The molecule has 2 N–H and O–H groups in total. The van der Waals surface area contributed by atoms with E-state index in [2.05, 4.69) is 4.98 Å². The number of aromatic amines is 1. The summed E-state index contributed by atoms with van der Waals surface area (Å²) in [5.41, 5.74) is 2.30. The third-order valence-corrected chi connectivity index (χ3v) is 5.83. The zero-order valence-corrected chi connectivity index (χ0v) is 17.2. The summed E-state index contributed by atoms with van der Waals surface area (Å²) in [5.74, 6) is -0.237. The molecule has 1 aromatic heterocycles. The van der Waals surface area contributed by atoms with Gasteiger partial charge in [-0.15, -0.1) is 0 Å². The Morgan fingerprint density at radius 1 is 1.00 bits per heavy atom. The average Bonchev–Trinajstić information content (AvgIpc) is 2.83. The number of rotatable bonds is 3. The highest BCUT2D eigenvalue weighted by Gasteiger charge is 2.24. The van der Waals surface area contributed by atoms with E-state index in [1.54, 1.807) is 41.3 Å². The van der Waals surface area contributed by atoms with E-state index < -0.39 is 11.2 Å². The van der Waals surface area contributed by atoms with E-state index in [9.17, 15) is 19.5 Å². The third-order valence-electron chi connectivity index (χ3n) is 5.83. The molecule has 5 rings (SSSR count). The van der Waals surface area contributed by atoms with Crippen molar-refractivity contribution in [1.82, 2.24) is 9.55 Å². The van der Waals surface area contributed by atoms with E-state index in [0.717, 1.165) is 28.7 Å². The van der Waals surface area contributed by atoms with Gasteiger partial charge in [0.15, 0.2) is 0 Å². The Labute approximate surface area is 183 Å². The number of para-hydroxylation sites is 2. The molecule has 0 saturated heterocycles. The van der Waals surface area contributed by atoms with Crippen LogP contribution in [0.4, 0.5) is 5.69 Å². The van der Waals surface area contributed by atoms with E-state index in [0.29, 0.717) is 28.6 Å². The summed E-state index contributed by atoms with van der Waals surface area (Å²) >= 11 is 0. The number of nitrogens with one attached hydrogen (secondary N) is 1. The lowest BCUT2D eigenvalue weighted by molar-refractivity contribution is 0.0985. The van der Waals surface area contributed by atoms with Crippen LogP contribution in [0.1, 0.15) is 27.9 Å². The van der Waals surface area contributed by atoms with Gasteiger partial charge in [-0.1, -0.05) is 30.3 Å². The predicted molar refractivity (Wildman–Crippen MR) is 123 cm³/mol. The molecule has 32 heavy (non-hydrogen) atoms. The lowest BCUT2D eigenvalue weighted by atomic mass is 10.00. The molecule has 7 nitrogen and oxygen atoms in total. The first-order valence-electron chi connectivity index (χ1n) is 10.5. The van der Waals surface area contributed by atoms with Crippen LogP contribution in [-0.2, 0) is 13.0 Å². The molecular weight excluding hydrogens is 406 g/mol. The lowest BCUT2D eigenvalue weighted by Gasteiger charge is -2.29. The normalized spacial score (nSPS) is 13.2. The number of nitrogens with zero attached hydrogens (tertiary/aromatic N) is 2. The molecule has 0 spiro atoms. The zero-order valence-electron chi connectivity index (χ0n) is 17.2. The second kappa shape index (κ2) is 7.94. The van der Waals surface area contributed by atoms with E-state index in [1.807, 2.05) is 24.3 Å². The van der Waals surface area contributed by atoms with Crippen molar-refractivity contribution in [2.75, 3.05) is 11.4 Å². The molecule has 2 heterocycles. The maximum Gasteiger partial charge on any atom is 0.333 e. The summed E-state index contributed by atoms with van der Waals surface area (Å²) < 4.78 is 1.00. The first-order chi connectivity index (χ1) is 15.6. The highest BCUT2D eigenvalue weighted by molar-refractivity contribution is 6.07. The van der Waals surface area contributed by atoms with Crippen molar-refractivity contribution in [3.63, 3.8) is 0 Å². The Morgan fingerprint density at radius 3 is 2.62 bits per heavy atom. The number of benzene rings is 3. The van der Waals surface area contributed by atoms with Crippen molar-refractivity contribution in [2.45, 2.75) is 19.4 Å². The molecule has 0 unspecified atom stereocenters. The number of aromatic nitrogens is 2. The number of carbonyl (C=O) groups excluding carboxylic acids is 1. The van der Waals surface area contributed by atoms with E-state index in [-0.39, 0.29) is 18.2 Å². The Morgan fingerprint density at radius 2 is 1.78 bits per heavy atom. The van der Waals surface area contributed by atoms with Gasteiger partial charge >= 0.3 is 5.69 Å². The number of carbonyl (C=O) groups is 1. The van der Waals surface area contributed by atoms with Crippen molar-refractivity contribution in [2.24, 2.45) is 0 Å². The monoisotopic (exact) mass is 427 g/mol. The second-order valence-electron chi connectivity index (χ2n) is 7.85. The van der Waals surface area contributed by atoms with Gasteiger partial charge in [-0.25, -0.2) is 9.36 Å². The predicted octanol–water partition coefficient (Wildman–Crippen LogP) is 2.76. The fourth-order valence-electron chi connectivity index (χ4n) is 4.32. The largest absolute Gasteiger partial charge is 0.392 e. The summed E-state index contributed by atoms with van der Waals surface area (Å²) in [7, 11) is 0. The summed E-state index contributed by atoms with van der Waals surface area (Å²) in [6, 6.07) is 19.2. The smallest absolute Gasteiger partial charge is 0.333 e. The quantitative estimate of drug-likeness (QED) is 0.526. The Balaban J connectivity index is 1.66. The van der Waals surface area contributed by atoms with Crippen molar-refractivity contribution >= 4 is 22.5 Å². The number of hydrogen-bond donors (Lipinski definition) is 2. The van der Waals surface area contributed by atoms with Crippen LogP contribution >= 0.6 is 0 Å². The van der Waals surface area contributed by atoms with E-state index in [1.165, 1.54) is 6.07 Å². The minimum atomic E-state index is -0.606. The van der Waals surface area contributed by atoms with Crippen LogP contribution in [-0.4, -0.2) is 27.1 Å². The molecular formula is C25H21N3O4. The van der Waals surface area contributed by atoms with Crippen molar-refractivity contribution in [3.05, 3.63) is 104 Å². The van der Waals surface area contributed by atoms with Gasteiger partial charge in [0.2, 0.25) is 0 Å². The highest BCUT2D eigenvalue weighted by atomic mass is 16.3. The topological polar surface area (TPSA) is 95.4 Å². The van der Waals surface area contributed by atoms with Gasteiger partial charge in [-0.3, -0.25) is 9.59 Å². The minimum Gasteiger partial charge on any atom is -0.392 e. The Bertz CT molecular complexity index is 1470. The molecule has 7 heteroatoms. The number of fused-ring (bicyclic) bond motifs is 2. The van der Waals surface area contributed by atoms with Gasteiger partial charge in [-0.05, 0) is 60.4 Å². The molecule has 0 radical (unpaired) electrons. The fraction of sp³-hybridized carbons (Fsp3) is 0.160. The first-order valence-corrected chi connectivity index (χ1v) is 10.5. The summed E-state index contributed by atoms with van der Waals surface area (Å²) in [5, 5.41) is 10.2. The number of aryl methyl sites for hydroxylation is 1. The number of hydrogen-bond acceptors (Lipinski definition) is 4. The van der Waals surface area contributed by atoms with Crippen LogP contribution in [0.15, 0.2) is 76.3 Å². The molecule has 160 valence electrons. The van der Waals surface area contributed by atoms with Gasteiger partial charge in [0.05, 0.1) is 23.2 Å². The number of aliphatic hydroxyl groups excluding tert-OH is 1. The molecule has 1 aliphatic heterocycles. The number of H-pyrrole nitrogens is 1. The number of anilines is 1. The van der Waals surface area contributed by atoms with E-state index in [4.69, 9.17) is 0 Å². The van der Waals surface area contributed by atoms with Crippen molar-refractivity contribution in [3.8, 4) is 5.69 Å². The van der Waals surface area contributed by atoms with Crippen LogP contribution in [0.25, 0.3) is 16.6 Å². The summed E-state index contributed by atoms with van der Waals surface area (Å²) in [6.07, 6.45) is 1.75. The van der Waals surface area contributed by atoms with Gasteiger partial charge in [0, 0.05) is 17.8 Å². The maximum atomic E-state index is 13.5. The molecule has 0 saturated carbocycles. The summed E-state index contributed by atoms with van der Waals surface area (Å²) in [4.78, 5) is 43.7. The van der Waals surface area contributed by atoms with Gasteiger partial charge in [-0.2, -0.15) is 0 Å². The molecule has 0 fully saturated rings.